The number of aryl methyl sites for hydroxylation is 2. The van der Waals surface area contributed by atoms with Gasteiger partial charge < -0.3 is 15.0 Å². The number of halogens is 1. The van der Waals surface area contributed by atoms with Crippen molar-refractivity contribution in [1.82, 2.24) is 10.2 Å². The summed E-state index contributed by atoms with van der Waals surface area (Å²) in [7, 11) is 0. The van der Waals surface area contributed by atoms with E-state index in [0.29, 0.717) is 0 Å². The average molecular weight is 332 g/mol. The molecule has 3 nitrogen and oxygen atoms in total. The average Bonchev–Trinajstić information content (AvgIpc) is 2.52. The van der Waals surface area contributed by atoms with Crippen LogP contribution in [0.4, 0.5) is 4.39 Å². The number of likely N-dealkylation sites (N-methyl/N-ethyl adjacent to an activating group) is 1. The molecule has 132 valence electrons. The summed E-state index contributed by atoms with van der Waals surface area (Å²) in [6.07, 6.45) is 3.31. The second kappa shape index (κ2) is 7.73. The molecule has 0 spiro atoms. The molecule has 1 aliphatic rings. The molecule has 0 aliphatic carbocycles. The van der Waals surface area contributed by atoms with Crippen molar-refractivity contribution in [2.45, 2.75) is 54.0 Å². The molecule has 1 aromatic rings. The van der Waals surface area contributed by atoms with Gasteiger partial charge in [0.15, 0.2) is 0 Å². The van der Waals surface area contributed by atoms with Crippen LogP contribution in [0.5, 0.6) is 5.75 Å². The number of allylic oxidation sites excluding steroid dienone is 1. The molecule has 0 bridgehead atoms. The fraction of sp³-hybridized carbons (Fsp3) is 0.500. The first-order valence-corrected chi connectivity index (χ1v) is 8.77. The fourth-order valence-corrected chi connectivity index (χ4v) is 3.14. The summed E-state index contributed by atoms with van der Waals surface area (Å²) in [4.78, 5) is 2.23. The van der Waals surface area contributed by atoms with E-state index in [1.54, 1.807) is 0 Å². The van der Waals surface area contributed by atoms with E-state index in [0.717, 1.165) is 53.5 Å². The third-order valence-electron chi connectivity index (χ3n) is 4.42. The third kappa shape index (κ3) is 3.74. The first kappa shape index (κ1) is 18.4. The summed E-state index contributed by atoms with van der Waals surface area (Å²) < 4.78 is 19.9. The van der Waals surface area contributed by atoms with Gasteiger partial charge >= 0.3 is 0 Å². The van der Waals surface area contributed by atoms with E-state index in [9.17, 15) is 4.39 Å². The topological polar surface area (TPSA) is 24.5 Å². The minimum Gasteiger partial charge on any atom is -0.440 e. The highest BCUT2D eigenvalue weighted by atomic mass is 19.1. The zero-order valence-corrected chi connectivity index (χ0v) is 15.7. The number of rotatable bonds is 6. The Morgan fingerprint density at radius 2 is 1.79 bits per heavy atom. The van der Waals surface area contributed by atoms with Gasteiger partial charge in [0.1, 0.15) is 11.6 Å². The first-order chi connectivity index (χ1) is 11.4. The third-order valence-corrected chi connectivity index (χ3v) is 4.42. The van der Waals surface area contributed by atoms with Gasteiger partial charge in [-0.1, -0.05) is 6.92 Å². The van der Waals surface area contributed by atoms with Crippen LogP contribution in [-0.4, -0.2) is 24.0 Å². The Morgan fingerprint density at radius 3 is 2.33 bits per heavy atom. The Hall–Kier alpha value is -1.97. The van der Waals surface area contributed by atoms with Crippen LogP contribution in [0, 0.1) is 19.7 Å². The molecule has 0 radical (unpaired) electrons. The quantitative estimate of drug-likeness (QED) is 0.820. The Morgan fingerprint density at radius 1 is 1.17 bits per heavy atom. The lowest BCUT2D eigenvalue weighted by atomic mass is 10.1. The largest absolute Gasteiger partial charge is 0.440 e. The summed E-state index contributed by atoms with van der Waals surface area (Å²) in [5.74, 6) is 1.37. The van der Waals surface area contributed by atoms with Crippen LogP contribution in [0.1, 0.15) is 45.2 Å². The predicted molar refractivity (Wildman–Crippen MR) is 97.4 cm³/mol. The van der Waals surface area contributed by atoms with Crippen molar-refractivity contribution in [2.24, 2.45) is 0 Å². The van der Waals surface area contributed by atoms with Crippen molar-refractivity contribution in [3.05, 3.63) is 52.3 Å². The Bertz CT molecular complexity index is 641. The molecule has 1 N–H and O–H groups in total. The van der Waals surface area contributed by atoms with Crippen molar-refractivity contribution in [3.8, 4) is 5.75 Å². The molecule has 0 aromatic heterocycles. The van der Waals surface area contributed by atoms with Gasteiger partial charge in [0.2, 0.25) is 5.88 Å². The molecular weight excluding hydrogens is 303 g/mol. The molecule has 0 amide bonds. The Balaban J connectivity index is 2.42. The second-order valence-electron chi connectivity index (χ2n) is 6.43. The van der Waals surface area contributed by atoms with E-state index in [1.165, 1.54) is 12.1 Å². The maximum absolute atomic E-state index is 13.6. The lowest BCUT2D eigenvalue weighted by molar-refractivity contribution is 0.189. The van der Waals surface area contributed by atoms with Gasteiger partial charge in [-0.25, -0.2) is 4.39 Å². The molecular formula is C20H29FN2O. The zero-order chi connectivity index (χ0) is 17.9. The van der Waals surface area contributed by atoms with Crippen molar-refractivity contribution in [3.63, 3.8) is 0 Å². The molecule has 1 aliphatic heterocycles. The molecule has 1 heterocycles. The number of hydrogen-bond donors (Lipinski definition) is 1. The van der Waals surface area contributed by atoms with Crippen LogP contribution < -0.4 is 10.1 Å². The van der Waals surface area contributed by atoms with Crippen LogP contribution in [0.25, 0.3) is 0 Å². The molecule has 2 rings (SSSR count). The molecule has 0 saturated carbocycles. The molecule has 1 unspecified atom stereocenters. The van der Waals surface area contributed by atoms with E-state index in [1.807, 2.05) is 13.8 Å². The van der Waals surface area contributed by atoms with Gasteiger partial charge in [0, 0.05) is 30.4 Å². The highest BCUT2D eigenvalue weighted by Crippen LogP contribution is 2.32. The highest BCUT2D eigenvalue weighted by Gasteiger charge is 2.26. The van der Waals surface area contributed by atoms with Crippen LogP contribution >= 0.6 is 0 Å². The maximum atomic E-state index is 13.6. The van der Waals surface area contributed by atoms with Crippen LogP contribution in [0.3, 0.4) is 0 Å². The standard InChI is InChI=1S/C20H29FN2O/c1-7-9-22-18-12-15(5)23(8-2)20(16(18)6)24-19-13(3)10-17(21)11-14(19)4/h10-12,15,22H,7-9H2,1-6H3. The smallest absolute Gasteiger partial charge is 0.201 e. The van der Waals surface area contributed by atoms with Crippen LogP contribution in [0.2, 0.25) is 0 Å². The highest BCUT2D eigenvalue weighted by molar-refractivity contribution is 5.43. The maximum Gasteiger partial charge on any atom is 0.201 e. The van der Waals surface area contributed by atoms with Crippen LogP contribution in [-0.2, 0) is 0 Å². The summed E-state index contributed by atoms with van der Waals surface area (Å²) in [5.41, 5.74) is 3.84. The van der Waals surface area contributed by atoms with Crippen LogP contribution in [0.15, 0.2) is 35.4 Å². The lowest BCUT2D eigenvalue weighted by Gasteiger charge is -2.36. The predicted octanol–water partition coefficient (Wildman–Crippen LogP) is 4.66. The number of nitrogens with zero attached hydrogens (tertiary/aromatic N) is 1. The lowest BCUT2D eigenvalue weighted by Crippen LogP contribution is -2.39. The minimum absolute atomic E-state index is 0.224. The summed E-state index contributed by atoms with van der Waals surface area (Å²) >= 11 is 0. The van der Waals surface area contributed by atoms with Crippen molar-refractivity contribution in [2.75, 3.05) is 13.1 Å². The van der Waals surface area contributed by atoms with Gasteiger partial charge in [-0.05, 0) is 70.4 Å². The molecule has 24 heavy (non-hydrogen) atoms. The zero-order valence-electron chi connectivity index (χ0n) is 15.7. The van der Waals surface area contributed by atoms with Gasteiger partial charge in [-0.15, -0.1) is 0 Å². The van der Waals surface area contributed by atoms with E-state index in [4.69, 9.17) is 4.74 Å². The second-order valence-corrected chi connectivity index (χ2v) is 6.43. The molecule has 1 atom stereocenters. The Kier molecular flexibility index (Phi) is 5.92. The first-order valence-electron chi connectivity index (χ1n) is 8.77. The van der Waals surface area contributed by atoms with E-state index in [2.05, 4.69) is 44.0 Å². The van der Waals surface area contributed by atoms with Gasteiger partial charge in [-0.2, -0.15) is 0 Å². The molecule has 0 saturated heterocycles. The van der Waals surface area contributed by atoms with E-state index >= 15 is 0 Å². The molecule has 1 aromatic carbocycles. The number of nitrogens with one attached hydrogen (secondary N) is 1. The number of benzene rings is 1. The Labute approximate surface area is 145 Å². The van der Waals surface area contributed by atoms with Crippen molar-refractivity contribution >= 4 is 0 Å². The fourth-order valence-electron chi connectivity index (χ4n) is 3.14. The van der Waals surface area contributed by atoms with Gasteiger partial charge in [-0.3, -0.25) is 0 Å². The summed E-state index contributed by atoms with van der Waals surface area (Å²) in [6, 6.07) is 3.29. The van der Waals surface area contributed by atoms with Gasteiger partial charge in [0.25, 0.3) is 0 Å². The minimum atomic E-state index is -0.224. The SMILES string of the molecule is CCCNC1=CC(C)N(CC)C(Oc2c(C)cc(F)cc2C)=C1C. The normalized spacial score (nSPS) is 17.9. The molecule has 0 fully saturated rings. The van der Waals surface area contributed by atoms with Crippen molar-refractivity contribution < 1.29 is 9.13 Å². The monoisotopic (exact) mass is 332 g/mol. The van der Waals surface area contributed by atoms with Gasteiger partial charge in [0.05, 0.1) is 0 Å². The number of hydrogen-bond acceptors (Lipinski definition) is 3. The summed E-state index contributed by atoms with van der Waals surface area (Å²) in [6.45, 7) is 14.1. The number of ether oxygens (including phenoxy) is 1. The van der Waals surface area contributed by atoms with E-state index < -0.39 is 0 Å². The summed E-state index contributed by atoms with van der Waals surface area (Å²) in [5, 5.41) is 3.49. The van der Waals surface area contributed by atoms with Crippen molar-refractivity contribution in [1.29, 1.82) is 0 Å². The van der Waals surface area contributed by atoms with E-state index in [-0.39, 0.29) is 11.9 Å². The molecule has 4 heteroatoms.